The Morgan fingerprint density at radius 3 is 2.67 bits per heavy atom. The molecule has 3 atom stereocenters. The van der Waals surface area contributed by atoms with Crippen molar-refractivity contribution < 1.29 is 9.59 Å². The zero-order chi connectivity index (χ0) is 15.1. The molecular formula is C15H21N3O2S. The molecule has 3 rings (SSSR count). The predicted octanol–water partition coefficient (Wildman–Crippen LogP) is 2.06. The highest BCUT2D eigenvalue weighted by atomic mass is 32.1. The van der Waals surface area contributed by atoms with Gasteiger partial charge in [-0.3, -0.25) is 9.59 Å². The molecule has 2 fully saturated rings. The lowest BCUT2D eigenvalue weighted by molar-refractivity contribution is -0.164. The number of carbonyl (C=O) groups is 2. The summed E-state index contributed by atoms with van der Waals surface area (Å²) in [7, 11) is 0. The SMILES string of the molecule is CC(C)C1C(=O)N2CCCC2C(=O)N1C(C)c1nccs1. The lowest BCUT2D eigenvalue weighted by Crippen LogP contribution is -2.64. The summed E-state index contributed by atoms with van der Waals surface area (Å²) in [5, 5.41) is 2.81. The minimum absolute atomic E-state index is 0.0912. The summed E-state index contributed by atoms with van der Waals surface area (Å²) in [4.78, 5) is 33.6. The number of rotatable bonds is 3. The second kappa shape index (κ2) is 5.40. The molecule has 0 saturated carbocycles. The number of hydrogen-bond acceptors (Lipinski definition) is 4. The standard InChI is InChI=1S/C15H21N3O2S/c1-9(2)12-15(20)17-7-4-5-11(17)14(19)18(12)10(3)13-16-6-8-21-13/h6,8-12H,4-5,7H2,1-3H3. The zero-order valence-electron chi connectivity index (χ0n) is 12.7. The van der Waals surface area contributed by atoms with Gasteiger partial charge in [-0.25, -0.2) is 4.98 Å². The molecule has 0 bridgehead atoms. The van der Waals surface area contributed by atoms with Gasteiger partial charge in [0, 0.05) is 18.1 Å². The average molecular weight is 307 g/mol. The highest BCUT2D eigenvalue weighted by Gasteiger charge is 2.50. The Morgan fingerprint density at radius 1 is 1.29 bits per heavy atom. The van der Waals surface area contributed by atoms with E-state index in [-0.39, 0.29) is 35.9 Å². The van der Waals surface area contributed by atoms with E-state index < -0.39 is 0 Å². The number of hydrogen-bond donors (Lipinski definition) is 0. The maximum absolute atomic E-state index is 12.9. The highest BCUT2D eigenvalue weighted by molar-refractivity contribution is 7.09. The van der Waals surface area contributed by atoms with Crippen LogP contribution in [0.1, 0.15) is 44.7 Å². The molecule has 6 heteroatoms. The smallest absolute Gasteiger partial charge is 0.246 e. The van der Waals surface area contributed by atoms with Crippen LogP contribution < -0.4 is 0 Å². The topological polar surface area (TPSA) is 53.5 Å². The third kappa shape index (κ3) is 2.25. The summed E-state index contributed by atoms with van der Waals surface area (Å²) < 4.78 is 0. The van der Waals surface area contributed by atoms with Crippen molar-refractivity contribution in [1.82, 2.24) is 14.8 Å². The summed E-state index contributed by atoms with van der Waals surface area (Å²) in [6.45, 7) is 6.71. The summed E-state index contributed by atoms with van der Waals surface area (Å²) in [6, 6.07) is -0.766. The summed E-state index contributed by atoms with van der Waals surface area (Å²) in [6.07, 6.45) is 3.46. The number of aromatic nitrogens is 1. The van der Waals surface area contributed by atoms with Crippen molar-refractivity contribution in [3.8, 4) is 0 Å². The second-order valence-corrected chi connectivity index (χ2v) is 7.10. The van der Waals surface area contributed by atoms with Gasteiger partial charge >= 0.3 is 0 Å². The summed E-state index contributed by atoms with van der Waals surface area (Å²) in [5.74, 6) is 0.300. The van der Waals surface area contributed by atoms with Gasteiger partial charge in [-0.1, -0.05) is 13.8 Å². The molecule has 2 aliphatic heterocycles. The van der Waals surface area contributed by atoms with E-state index in [0.717, 1.165) is 24.4 Å². The maximum atomic E-state index is 12.9. The Morgan fingerprint density at radius 2 is 2.05 bits per heavy atom. The van der Waals surface area contributed by atoms with Gasteiger partial charge < -0.3 is 9.80 Å². The van der Waals surface area contributed by atoms with E-state index in [2.05, 4.69) is 4.98 Å². The van der Waals surface area contributed by atoms with E-state index in [1.807, 2.05) is 26.2 Å². The van der Waals surface area contributed by atoms with Gasteiger partial charge in [-0.2, -0.15) is 0 Å². The first kappa shape index (κ1) is 14.5. The van der Waals surface area contributed by atoms with Crippen LogP contribution in [0.3, 0.4) is 0 Å². The Labute approximate surface area is 129 Å². The molecule has 114 valence electrons. The van der Waals surface area contributed by atoms with Gasteiger partial charge in [-0.15, -0.1) is 11.3 Å². The molecule has 5 nitrogen and oxygen atoms in total. The zero-order valence-corrected chi connectivity index (χ0v) is 13.5. The van der Waals surface area contributed by atoms with E-state index in [4.69, 9.17) is 0 Å². The van der Waals surface area contributed by atoms with Crippen LogP contribution in [-0.2, 0) is 9.59 Å². The molecule has 1 aromatic heterocycles. The van der Waals surface area contributed by atoms with Gasteiger partial charge in [-0.05, 0) is 25.7 Å². The van der Waals surface area contributed by atoms with Gasteiger partial charge in [0.2, 0.25) is 11.8 Å². The number of nitrogens with zero attached hydrogens (tertiary/aromatic N) is 3. The molecule has 2 amide bonds. The largest absolute Gasteiger partial charge is 0.329 e. The number of piperazine rings is 1. The molecular weight excluding hydrogens is 286 g/mol. The average Bonchev–Trinajstić information content (AvgIpc) is 3.11. The van der Waals surface area contributed by atoms with Crippen molar-refractivity contribution in [2.24, 2.45) is 5.92 Å². The fraction of sp³-hybridized carbons (Fsp3) is 0.667. The Balaban J connectivity index is 1.98. The lowest BCUT2D eigenvalue weighted by Gasteiger charge is -2.46. The fourth-order valence-corrected chi connectivity index (χ4v) is 4.18. The molecule has 2 aliphatic rings. The number of carbonyl (C=O) groups excluding carboxylic acids is 2. The van der Waals surface area contributed by atoms with Gasteiger partial charge in [0.05, 0.1) is 6.04 Å². The van der Waals surface area contributed by atoms with E-state index >= 15 is 0 Å². The van der Waals surface area contributed by atoms with Crippen LogP contribution in [0.15, 0.2) is 11.6 Å². The minimum atomic E-state index is -0.370. The third-order valence-corrected chi connectivity index (χ3v) is 5.43. The third-order valence-electron chi connectivity index (χ3n) is 4.49. The predicted molar refractivity (Wildman–Crippen MR) is 80.7 cm³/mol. The van der Waals surface area contributed by atoms with Crippen LogP contribution in [-0.4, -0.2) is 45.2 Å². The number of fused-ring (bicyclic) bond motifs is 1. The lowest BCUT2D eigenvalue weighted by atomic mass is 9.94. The van der Waals surface area contributed by atoms with Gasteiger partial charge in [0.1, 0.15) is 17.1 Å². The Kier molecular flexibility index (Phi) is 3.73. The van der Waals surface area contributed by atoms with Gasteiger partial charge in [0.25, 0.3) is 0 Å². The normalized spacial score (nSPS) is 27.4. The van der Waals surface area contributed by atoms with E-state index in [9.17, 15) is 9.59 Å². The number of thiazole rings is 1. The van der Waals surface area contributed by atoms with Crippen LogP contribution in [0.4, 0.5) is 0 Å². The van der Waals surface area contributed by atoms with E-state index in [0.29, 0.717) is 0 Å². The molecule has 0 aliphatic carbocycles. The van der Waals surface area contributed by atoms with Crippen molar-refractivity contribution in [3.63, 3.8) is 0 Å². The van der Waals surface area contributed by atoms with E-state index in [1.165, 1.54) is 11.3 Å². The molecule has 0 N–H and O–H groups in total. The van der Waals surface area contributed by atoms with Crippen molar-refractivity contribution >= 4 is 23.2 Å². The van der Waals surface area contributed by atoms with Crippen LogP contribution in [0, 0.1) is 5.92 Å². The van der Waals surface area contributed by atoms with Gasteiger partial charge in [0.15, 0.2) is 0 Å². The Hall–Kier alpha value is -1.43. The minimum Gasteiger partial charge on any atom is -0.329 e. The molecule has 21 heavy (non-hydrogen) atoms. The van der Waals surface area contributed by atoms with Crippen molar-refractivity contribution in [1.29, 1.82) is 0 Å². The molecule has 0 spiro atoms. The monoisotopic (exact) mass is 307 g/mol. The Bertz CT molecular complexity index is 543. The molecule has 3 heterocycles. The van der Waals surface area contributed by atoms with E-state index in [1.54, 1.807) is 16.0 Å². The number of amides is 2. The van der Waals surface area contributed by atoms with Crippen LogP contribution in [0.5, 0.6) is 0 Å². The van der Waals surface area contributed by atoms with Crippen molar-refractivity contribution in [3.05, 3.63) is 16.6 Å². The molecule has 2 saturated heterocycles. The fourth-order valence-electron chi connectivity index (χ4n) is 3.48. The first-order valence-electron chi connectivity index (χ1n) is 7.54. The first-order chi connectivity index (χ1) is 10.0. The molecule has 1 aromatic rings. The van der Waals surface area contributed by atoms with Crippen molar-refractivity contribution in [2.75, 3.05) is 6.54 Å². The van der Waals surface area contributed by atoms with Crippen LogP contribution in [0.2, 0.25) is 0 Å². The first-order valence-corrected chi connectivity index (χ1v) is 8.42. The van der Waals surface area contributed by atoms with Crippen molar-refractivity contribution in [2.45, 2.75) is 51.7 Å². The summed E-state index contributed by atoms with van der Waals surface area (Å²) >= 11 is 1.54. The second-order valence-electron chi connectivity index (χ2n) is 6.17. The van der Waals surface area contributed by atoms with Crippen LogP contribution >= 0.6 is 11.3 Å². The summed E-state index contributed by atoms with van der Waals surface area (Å²) in [5.41, 5.74) is 0. The quantitative estimate of drug-likeness (QED) is 0.859. The maximum Gasteiger partial charge on any atom is 0.246 e. The molecule has 3 unspecified atom stereocenters. The molecule has 0 radical (unpaired) electrons. The molecule has 0 aromatic carbocycles. The highest BCUT2D eigenvalue weighted by Crippen LogP contribution is 2.35. The van der Waals surface area contributed by atoms with Crippen LogP contribution in [0.25, 0.3) is 0 Å².